The Morgan fingerprint density at radius 3 is 2.75 bits per heavy atom. The van der Waals surface area contributed by atoms with Crippen LogP contribution in [-0.4, -0.2) is 44.0 Å². The van der Waals surface area contributed by atoms with E-state index in [1.165, 1.54) is 0 Å². The van der Waals surface area contributed by atoms with Gasteiger partial charge < -0.3 is 16.0 Å². The molecule has 20 heavy (non-hydrogen) atoms. The van der Waals surface area contributed by atoms with Crippen molar-refractivity contribution < 1.29 is 4.79 Å². The van der Waals surface area contributed by atoms with Gasteiger partial charge in [-0.05, 0) is 46.1 Å². The molecule has 3 N–H and O–H groups in total. The monoisotopic (exact) mass is 273 g/mol. The Morgan fingerprint density at radius 1 is 1.40 bits per heavy atom. The summed E-state index contributed by atoms with van der Waals surface area (Å²) in [6.07, 6.45) is 0.912. The van der Waals surface area contributed by atoms with Crippen LogP contribution in [0.1, 0.15) is 29.3 Å². The summed E-state index contributed by atoms with van der Waals surface area (Å²) in [7, 11) is 4.04. The molecule has 0 radical (unpaired) electrons. The number of amides is 1. The minimum atomic E-state index is -0.0850. The average Bonchev–Trinajstić information content (AvgIpc) is 2.43. The third-order valence-electron chi connectivity index (χ3n) is 2.88. The molecule has 1 amide bonds. The molecular weight excluding hydrogens is 250 g/mol. The highest BCUT2D eigenvalue weighted by atomic mass is 16.1. The van der Waals surface area contributed by atoms with E-state index in [1.807, 2.05) is 39.2 Å². The van der Waals surface area contributed by atoms with Gasteiger partial charge in [-0.2, -0.15) is 0 Å². The van der Waals surface area contributed by atoms with E-state index in [0.717, 1.165) is 18.5 Å². The third kappa shape index (κ3) is 5.43. The van der Waals surface area contributed by atoms with Crippen LogP contribution in [0.2, 0.25) is 0 Å². The van der Waals surface area contributed by atoms with E-state index >= 15 is 0 Å². The maximum absolute atomic E-state index is 12.3. The van der Waals surface area contributed by atoms with Crippen LogP contribution in [0.5, 0.6) is 0 Å². The molecule has 1 unspecified atom stereocenters. The van der Waals surface area contributed by atoms with Crippen LogP contribution in [0.3, 0.4) is 0 Å². The van der Waals surface area contributed by atoms with Crippen molar-refractivity contribution in [3.05, 3.63) is 35.4 Å². The number of nitrogens with one attached hydrogen (secondary N) is 1. The van der Waals surface area contributed by atoms with E-state index in [9.17, 15) is 4.79 Å². The van der Waals surface area contributed by atoms with E-state index in [1.54, 1.807) is 6.07 Å². The number of carbonyl (C=O) groups is 1. The predicted octanol–water partition coefficient (Wildman–Crippen LogP) is 1.07. The van der Waals surface area contributed by atoms with Gasteiger partial charge in [-0.1, -0.05) is 24.0 Å². The molecule has 0 aliphatic carbocycles. The third-order valence-corrected chi connectivity index (χ3v) is 2.88. The summed E-state index contributed by atoms with van der Waals surface area (Å²) in [4.78, 5) is 14.4. The molecule has 4 nitrogen and oxygen atoms in total. The fourth-order valence-electron chi connectivity index (χ4n) is 1.76. The molecule has 0 spiro atoms. The van der Waals surface area contributed by atoms with E-state index in [4.69, 9.17) is 5.73 Å². The molecule has 0 saturated heterocycles. The Kier molecular flexibility index (Phi) is 6.78. The highest BCUT2D eigenvalue weighted by Crippen LogP contribution is 2.08. The quantitative estimate of drug-likeness (QED) is 0.789. The number of benzene rings is 1. The van der Waals surface area contributed by atoms with Gasteiger partial charge in [0.05, 0.1) is 12.1 Å². The molecule has 1 aromatic rings. The SMILES string of the molecule is CC(CCN(C)C)NC(=O)c1ccccc1C#CCN. The van der Waals surface area contributed by atoms with Crippen LogP contribution in [0.15, 0.2) is 24.3 Å². The Bertz CT molecular complexity index is 500. The summed E-state index contributed by atoms with van der Waals surface area (Å²) in [5, 5.41) is 3.00. The van der Waals surface area contributed by atoms with Crippen molar-refractivity contribution in [1.82, 2.24) is 10.2 Å². The fraction of sp³-hybridized carbons (Fsp3) is 0.438. The lowest BCUT2D eigenvalue weighted by atomic mass is 10.1. The largest absolute Gasteiger partial charge is 0.349 e. The first-order valence-corrected chi connectivity index (χ1v) is 6.78. The number of rotatable bonds is 5. The van der Waals surface area contributed by atoms with Crippen molar-refractivity contribution in [3.8, 4) is 11.8 Å². The zero-order chi connectivity index (χ0) is 15.0. The van der Waals surface area contributed by atoms with Crippen LogP contribution in [-0.2, 0) is 0 Å². The van der Waals surface area contributed by atoms with Crippen molar-refractivity contribution in [2.24, 2.45) is 5.73 Å². The Balaban J connectivity index is 2.72. The summed E-state index contributed by atoms with van der Waals surface area (Å²) in [5.74, 6) is 5.63. The van der Waals surface area contributed by atoms with Gasteiger partial charge in [0.15, 0.2) is 0 Å². The predicted molar refractivity (Wildman–Crippen MR) is 82.5 cm³/mol. The van der Waals surface area contributed by atoms with Crippen molar-refractivity contribution in [2.75, 3.05) is 27.2 Å². The normalized spacial score (nSPS) is 11.7. The first kappa shape index (κ1) is 16.2. The molecule has 0 fully saturated rings. The van der Waals surface area contributed by atoms with Gasteiger partial charge in [0.2, 0.25) is 0 Å². The Labute approximate surface area is 121 Å². The van der Waals surface area contributed by atoms with Crippen molar-refractivity contribution in [2.45, 2.75) is 19.4 Å². The first-order valence-electron chi connectivity index (χ1n) is 6.78. The van der Waals surface area contributed by atoms with Gasteiger partial charge >= 0.3 is 0 Å². The standard InChI is InChI=1S/C16H23N3O/c1-13(10-12-19(2)3)18-16(20)15-9-5-4-7-14(15)8-6-11-17/h4-5,7,9,13H,10-12,17H2,1-3H3,(H,18,20). The zero-order valence-electron chi connectivity index (χ0n) is 12.4. The van der Waals surface area contributed by atoms with Gasteiger partial charge in [0.25, 0.3) is 5.91 Å². The summed E-state index contributed by atoms with van der Waals surface area (Å²) in [6, 6.07) is 7.46. The van der Waals surface area contributed by atoms with Crippen LogP contribution < -0.4 is 11.1 Å². The lowest BCUT2D eigenvalue weighted by molar-refractivity contribution is 0.0936. The molecular formula is C16H23N3O. The van der Waals surface area contributed by atoms with Crippen LogP contribution in [0.4, 0.5) is 0 Å². The van der Waals surface area contributed by atoms with E-state index in [-0.39, 0.29) is 18.5 Å². The maximum Gasteiger partial charge on any atom is 0.252 e. The van der Waals surface area contributed by atoms with Gasteiger partial charge in [-0.15, -0.1) is 0 Å². The lowest BCUT2D eigenvalue weighted by Crippen LogP contribution is -2.35. The van der Waals surface area contributed by atoms with Crippen molar-refractivity contribution in [3.63, 3.8) is 0 Å². The van der Waals surface area contributed by atoms with E-state index in [0.29, 0.717) is 5.56 Å². The number of hydrogen-bond acceptors (Lipinski definition) is 3. The highest BCUT2D eigenvalue weighted by molar-refractivity contribution is 5.96. The molecule has 0 aliphatic rings. The van der Waals surface area contributed by atoms with Gasteiger partial charge in [-0.25, -0.2) is 0 Å². The minimum Gasteiger partial charge on any atom is -0.349 e. The second kappa shape index (κ2) is 8.36. The van der Waals surface area contributed by atoms with Gasteiger partial charge in [0.1, 0.15) is 0 Å². The molecule has 1 rings (SSSR count). The van der Waals surface area contributed by atoms with Crippen LogP contribution in [0, 0.1) is 11.8 Å². The fourth-order valence-corrected chi connectivity index (χ4v) is 1.76. The Morgan fingerprint density at radius 2 is 2.10 bits per heavy atom. The molecule has 0 bridgehead atoms. The number of nitrogens with zero attached hydrogens (tertiary/aromatic N) is 1. The number of hydrogen-bond donors (Lipinski definition) is 2. The maximum atomic E-state index is 12.3. The summed E-state index contributed by atoms with van der Waals surface area (Å²) in [6.45, 7) is 3.24. The smallest absolute Gasteiger partial charge is 0.252 e. The molecule has 0 aliphatic heterocycles. The molecule has 1 atom stereocenters. The average molecular weight is 273 g/mol. The summed E-state index contributed by atoms with van der Waals surface area (Å²) < 4.78 is 0. The van der Waals surface area contributed by atoms with Crippen molar-refractivity contribution in [1.29, 1.82) is 0 Å². The second-order valence-corrected chi connectivity index (χ2v) is 5.02. The van der Waals surface area contributed by atoms with Gasteiger partial charge in [-0.3, -0.25) is 4.79 Å². The molecule has 0 aromatic heterocycles. The first-order chi connectivity index (χ1) is 9.54. The Hall–Kier alpha value is -1.83. The second-order valence-electron chi connectivity index (χ2n) is 5.02. The molecule has 0 heterocycles. The molecule has 108 valence electrons. The topological polar surface area (TPSA) is 58.4 Å². The summed E-state index contributed by atoms with van der Waals surface area (Å²) in [5.41, 5.74) is 6.69. The number of nitrogens with two attached hydrogens (primary N) is 1. The molecule has 1 aromatic carbocycles. The molecule has 0 saturated carbocycles. The lowest BCUT2D eigenvalue weighted by Gasteiger charge is -2.17. The zero-order valence-corrected chi connectivity index (χ0v) is 12.4. The summed E-state index contributed by atoms with van der Waals surface area (Å²) >= 11 is 0. The van der Waals surface area contributed by atoms with Crippen LogP contribution in [0.25, 0.3) is 0 Å². The highest BCUT2D eigenvalue weighted by Gasteiger charge is 2.12. The minimum absolute atomic E-state index is 0.0850. The number of carbonyl (C=O) groups excluding carboxylic acids is 1. The van der Waals surface area contributed by atoms with E-state index in [2.05, 4.69) is 22.1 Å². The van der Waals surface area contributed by atoms with Crippen molar-refractivity contribution >= 4 is 5.91 Å². The van der Waals surface area contributed by atoms with Crippen LogP contribution >= 0.6 is 0 Å². The van der Waals surface area contributed by atoms with E-state index < -0.39 is 0 Å². The molecule has 4 heteroatoms. The van der Waals surface area contributed by atoms with Gasteiger partial charge in [0, 0.05) is 11.6 Å².